The summed E-state index contributed by atoms with van der Waals surface area (Å²) in [7, 11) is 0. The van der Waals surface area contributed by atoms with Gasteiger partial charge in [-0.1, -0.05) is 15.9 Å². The predicted molar refractivity (Wildman–Crippen MR) is 63.3 cm³/mol. The second kappa shape index (κ2) is 3.60. The van der Waals surface area contributed by atoms with Gasteiger partial charge in [-0.15, -0.1) is 11.3 Å². The molecule has 2 rings (SSSR count). The van der Waals surface area contributed by atoms with Gasteiger partial charge in [0.15, 0.2) is 0 Å². The molecule has 0 bridgehead atoms. The molecule has 2 aromatic rings. The van der Waals surface area contributed by atoms with Gasteiger partial charge in [-0.25, -0.2) is 0 Å². The number of fused-ring (bicyclic) bond motifs is 1. The quantitative estimate of drug-likeness (QED) is 0.861. The molecule has 14 heavy (non-hydrogen) atoms. The summed E-state index contributed by atoms with van der Waals surface area (Å²) < 4.78 is 2.09. The van der Waals surface area contributed by atoms with E-state index in [0.29, 0.717) is 6.42 Å². The van der Waals surface area contributed by atoms with Crippen LogP contribution >= 0.6 is 27.3 Å². The van der Waals surface area contributed by atoms with E-state index in [4.69, 9.17) is 11.0 Å². The smallest absolute Gasteiger partial charge is 0.0670 e. The maximum absolute atomic E-state index is 8.72. The van der Waals surface area contributed by atoms with Crippen molar-refractivity contribution in [3.05, 3.63) is 27.5 Å². The first kappa shape index (κ1) is 9.50. The number of thiophene rings is 1. The van der Waals surface area contributed by atoms with E-state index < -0.39 is 0 Å². The van der Waals surface area contributed by atoms with Crippen molar-refractivity contribution in [2.24, 2.45) is 0 Å². The monoisotopic (exact) mass is 266 g/mol. The van der Waals surface area contributed by atoms with E-state index in [0.717, 1.165) is 25.8 Å². The van der Waals surface area contributed by atoms with Crippen LogP contribution in [-0.2, 0) is 6.42 Å². The Morgan fingerprint density at radius 3 is 3.00 bits per heavy atom. The normalized spacial score (nSPS) is 10.3. The first-order valence-electron chi connectivity index (χ1n) is 4.05. The summed E-state index contributed by atoms with van der Waals surface area (Å²) in [6, 6.07) is 6.13. The Hall–Kier alpha value is -1.05. The fourth-order valence-electron chi connectivity index (χ4n) is 1.45. The van der Waals surface area contributed by atoms with Crippen LogP contribution in [0.4, 0.5) is 5.69 Å². The number of nitrogens with zero attached hydrogens (tertiary/aromatic N) is 1. The minimum Gasteiger partial charge on any atom is -0.398 e. The van der Waals surface area contributed by atoms with Crippen LogP contribution in [0.25, 0.3) is 10.1 Å². The van der Waals surface area contributed by atoms with Crippen LogP contribution in [0.3, 0.4) is 0 Å². The number of benzene rings is 1. The van der Waals surface area contributed by atoms with Gasteiger partial charge in [0.2, 0.25) is 0 Å². The number of anilines is 1. The topological polar surface area (TPSA) is 49.8 Å². The second-order valence-corrected chi connectivity index (χ2v) is 4.69. The van der Waals surface area contributed by atoms with Crippen molar-refractivity contribution in [3.63, 3.8) is 0 Å². The fourth-order valence-corrected chi connectivity index (χ4v) is 2.80. The number of hydrogen-bond donors (Lipinski definition) is 1. The van der Waals surface area contributed by atoms with Crippen molar-refractivity contribution in [1.82, 2.24) is 0 Å². The summed E-state index contributed by atoms with van der Waals surface area (Å²) in [5.74, 6) is 0. The number of halogens is 1. The number of hydrogen-bond acceptors (Lipinski definition) is 3. The lowest BCUT2D eigenvalue weighted by Gasteiger charge is -2.02. The average Bonchev–Trinajstić information content (AvgIpc) is 2.53. The molecule has 0 aliphatic carbocycles. The molecule has 0 saturated heterocycles. The Labute approximate surface area is 94.1 Å². The molecule has 4 heteroatoms. The molecule has 2 nitrogen and oxygen atoms in total. The van der Waals surface area contributed by atoms with Crippen LogP contribution in [0.15, 0.2) is 22.0 Å². The lowest BCUT2D eigenvalue weighted by Crippen LogP contribution is -1.89. The van der Waals surface area contributed by atoms with Crippen molar-refractivity contribution < 1.29 is 0 Å². The van der Waals surface area contributed by atoms with Crippen LogP contribution in [0.5, 0.6) is 0 Å². The molecule has 0 fully saturated rings. The van der Waals surface area contributed by atoms with Crippen molar-refractivity contribution in [2.45, 2.75) is 6.42 Å². The molecular formula is C10H7BrN2S. The zero-order chi connectivity index (χ0) is 10.1. The van der Waals surface area contributed by atoms with Crippen LogP contribution in [0.2, 0.25) is 0 Å². The van der Waals surface area contributed by atoms with Gasteiger partial charge in [0.1, 0.15) is 0 Å². The molecule has 0 spiro atoms. The van der Waals surface area contributed by atoms with Crippen LogP contribution in [0.1, 0.15) is 5.56 Å². The molecule has 0 aliphatic heterocycles. The zero-order valence-electron chi connectivity index (χ0n) is 7.25. The van der Waals surface area contributed by atoms with Crippen molar-refractivity contribution >= 4 is 43.0 Å². The van der Waals surface area contributed by atoms with Gasteiger partial charge in [0.05, 0.1) is 18.2 Å². The highest BCUT2D eigenvalue weighted by Gasteiger charge is 2.09. The van der Waals surface area contributed by atoms with E-state index in [9.17, 15) is 0 Å². The zero-order valence-corrected chi connectivity index (χ0v) is 9.65. The number of nitrogen functional groups attached to an aromatic ring is 1. The standard InChI is InChI=1S/C10H7BrN2S/c11-7-1-2-9-10(6(7)3-4-12)8(13)5-14-9/h1-2,5H,3,13H2. The van der Waals surface area contributed by atoms with E-state index in [1.54, 1.807) is 11.3 Å². The molecule has 0 unspecified atom stereocenters. The Morgan fingerprint density at radius 2 is 2.29 bits per heavy atom. The van der Waals surface area contributed by atoms with Gasteiger partial charge < -0.3 is 5.73 Å². The first-order valence-corrected chi connectivity index (χ1v) is 5.72. The highest BCUT2D eigenvalue weighted by Crippen LogP contribution is 2.35. The fraction of sp³-hybridized carbons (Fsp3) is 0.100. The van der Waals surface area contributed by atoms with Gasteiger partial charge >= 0.3 is 0 Å². The van der Waals surface area contributed by atoms with E-state index in [1.807, 2.05) is 17.5 Å². The van der Waals surface area contributed by atoms with Crippen molar-refractivity contribution in [2.75, 3.05) is 5.73 Å². The second-order valence-electron chi connectivity index (χ2n) is 2.93. The molecule has 70 valence electrons. The van der Waals surface area contributed by atoms with E-state index in [-0.39, 0.29) is 0 Å². The summed E-state index contributed by atoms with van der Waals surface area (Å²) in [5, 5.41) is 11.7. The highest BCUT2D eigenvalue weighted by molar-refractivity contribution is 9.10. The molecule has 1 aromatic heterocycles. The van der Waals surface area contributed by atoms with Crippen LogP contribution < -0.4 is 5.73 Å². The molecule has 0 radical (unpaired) electrons. The predicted octanol–water partition coefficient (Wildman–Crippen LogP) is 3.31. The van der Waals surface area contributed by atoms with Gasteiger partial charge in [-0.05, 0) is 17.7 Å². The van der Waals surface area contributed by atoms with Gasteiger partial charge in [-0.2, -0.15) is 5.26 Å². The first-order chi connectivity index (χ1) is 6.74. The Morgan fingerprint density at radius 1 is 1.50 bits per heavy atom. The third kappa shape index (κ3) is 1.39. The lowest BCUT2D eigenvalue weighted by atomic mass is 10.1. The summed E-state index contributed by atoms with van der Waals surface area (Å²) >= 11 is 5.04. The van der Waals surface area contributed by atoms with E-state index in [2.05, 4.69) is 22.0 Å². The Bertz CT molecular complexity index is 525. The third-order valence-electron chi connectivity index (χ3n) is 2.07. The third-order valence-corrected chi connectivity index (χ3v) is 3.78. The van der Waals surface area contributed by atoms with Crippen LogP contribution in [-0.4, -0.2) is 0 Å². The molecule has 0 saturated carbocycles. The van der Waals surface area contributed by atoms with Crippen molar-refractivity contribution in [3.8, 4) is 6.07 Å². The average molecular weight is 267 g/mol. The minimum absolute atomic E-state index is 0.388. The number of nitriles is 1. The maximum Gasteiger partial charge on any atom is 0.0670 e. The molecule has 0 atom stereocenters. The Kier molecular flexibility index (Phi) is 2.44. The van der Waals surface area contributed by atoms with Crippen LogP contribution in [0, 0.1) is 11.3 Å². The van der Waals surface area contributed by atoms with Gasteiger partial charge in [0.25, 0.3) is 0 Å². The number of rotatable bonds is 1. The summed E-state index contributed by atoms with van der Waals surface area (Å²) in [6.07, 6.45) is 0.388. The summed E-state index contributed by atoms with van der Waals surface area (Å²) in [6.45, 7) is 0. The largest absolute Gasteiger partial charge is 0.398 e. The lowest BCUT2D eigenvalue weighted by molar-refractivity contribution is 1.27. The number of nitrogens with two attached hydrogens (primary N) is 1. The maximum atomic E-state index is 8.72. The minimum atomic E-state index is 0.388. The molecule has 1 aromatic carbocycles. The van der Waals surface area contributed by atoms with Gasteiger partial charge in [0, 0.05) is 19.9 Å². The van der Waals surface area contributed by atoms with E-state index >= 15 is 0 Å². The SMILES string of the molecule is N#CCc1c(Br)ccc2scc(N)c12. The van der Waals surface area contributed by atoms with Gasteiger partial charge in [-0.3, -0.25) is 0 Å². The molecular weight excluding hydrogens is 260 g/mol. The van der Waals surface area contributed by atoms with E-state index in [1.165, 1.54) is 0 Å². The molecule has 0 amide bonds. The van der Waals surface area contributed by atoms with Crippen molar-refractivity contribution in [1.29, 1.82) is 5.26 Å². The molecule has 0 aliphatic rings. The highest BCUT2D eigenvalue weighted by atomic mass is 79.9. The summed E-state index contributed by atoms with van der Waals surface area (Å²) in [5.41, 5.74) is 7.61. The molecule has 2 N–H and O–H groups in total. The summed E-state index contributed by atoms with van der Waals surface area (Å²) in [4.78, 5) is 0. The molecule has 1 heterocycles. The Balaban J connectivity index is 2.81.